The number of hydrogen-bond acceptors (Lipinski definition) is 4. The van der Waals surface area contributed by atoms with Crippen LogP contribution in [0.25, 0.3) is 0 Å². The average molecular weight is 453 g/mol. The van der Waals surface area contributed by atoms with Crippen LogP contribution in [0.5, 0.6) is 0 Å². The molecule has 33 heavy (non-hydrogen) atoms. The number of benzene rings is 1. The van der Waals surface area contributed by atoms with Gasteiger partial charge >= 0.3 is 0 Å². The van der Waals surface area contributed by atoms with Crippen LogP contribution in [0.2, 0.25) is 0 Å². The van der Waals surface area contributed by atoms with Crippen molar-refractivity contribution in [1.29, 1.82) is 0 Å². The number of rotatable bonds is 4. The predicted octanol–water partition coefficient (Wildman–Crippen LogP) is 2.59. The number of aromatic nitrogens is 2. The predicted molar refractivity (Wildman–Crippen MR) is 120 cm³/mol. The van der Waals surface area contributed by atoms with E-state index in [-0.39, 0.29) is 23.6 Å². The topological polar surface area (TPSA) is 86.4 Å². The van der Waals surface area contributed by atoms with Gasteiger partial charge in [0, 0.05) is 31.1 Å². The van der Waals surface area contributed by atoms with Gasteiger partial charge in [0.2, 0.25) is 5.91 Å². The summed E-state index contributed by atoms with van der Waals surface area (Å²) in [5.41, 5.74) is 2.48. The third kappa shape index (κ3) is 3.96. The van der Waals surface area contributed by atoms with E-state index in [0.29, 0.717) is 48.3 Å². The molecule has 5 rings (SSSR count). The number of H-pyrrole nitrogens is 1. The van der Waals surface area contributed by atoms with Crippen molar-refractivity contribution < 1.29 is 14.0 Å². The molecular formula is C25H29FN4O3. The number of halogens is 1. The van der Waals surface area contributed by atoms with Crippen LogP contribution in [0.3, 0.4) is 0 Å². The van der Waals surface area contributed by atoms with Gasteiger partial charge in [-0.25, -0.2) is 9.49 Å². The fourth-order valence-electron chi connectivity index (χ4n) is 5.86. The van der Waals surface area contributed by atoms with Crippen LogP contribution in [0.4, 0.5) is 4.39 Å². The van der Waals surface area contributed by atoms with Crippen LogP contribution in [0.15, 0.2) is 23.0 Å². The van der Waals surface area contributed by atoms with E-state index in [4.69, 9.17) is 0 Å². The Labute approximate surface area is 192 Å². The number of carbonyl (C=O) groups excluding carboxylic acids is 2. The molecule has 0 radical (unpaired) electrons. The highest BCUT2D eigenvalue weighted by molar-refractivity contribution is 5.97. The normalized spacial score (nSPS) is 24.6. The highest BCUT2D eigenvalue weighted by Gasteiger charge is 2.45. The second-order valence-corrected chi connectivity index (χ2v) is 9.80. The molecule has 3 atom stereocenters. The average Bonchev–Trinajstić information content (AvgIpc) is 3.44. The molecule has 1 aromatic heterocycles. The van der Waals surface area contributed by atoms with Gasteiger partial charge in [0.25, 0.3) is 11.5 Å². The molecule has 2 heterocycles. The summed E-state index contributed by atoms with van der Waals surface area (Å²) in [4.78, 5) is 41.2. The summed E-state index contributed by atoms with van der Waals surface area (Å²) in [6, 6.07) is 4.74. The van der Waals surface area contributed by atoms with Crippen molar-refractivity contribution in [2.45, 2.75) is 52.0 Å². The van der Waals surface area contributed by atoms with Crippen molar-refractivity contribution in [2.24, 2.45) is 11.8 Å². The Morgan fingerprint density at radius 1 is 1.15 bits per heavy atom. The zero-order chi connectivity index (χ0) is 23.3. The fraction of sp³-hybridized carbons (Fsp3) is 0.520. The summed E-state index contributed by atoms with van der Waals surface area (Å²) >= 11 is 0. The molecule has 2 aromatic rings. The number of aromatic amines is 1. The summed E-state index contributed by atoms with van der Waals surface area (Å²) in [6.07, 6.45) is 5.14. The van der Waals surface area contributed by atoms with Gasteiger partial charge in [-0.2, -0.15) is 5.10 Å². The molecule has 3 aliphatic rings. The second-order valence-electron chi connectivity index (χ2n) is 9.80. The molecule has 2 amide bonds. The van der Waals surface area contributed by atoms with E-state index in [1.165, 1.54) is 36.3 Å². The van der Waals surface area contributed by atoms with Crippen LogP contribution in [-0.2, 0) is 11.2 Å². The number of carbonyl (C=O) groups is 2. The first-order valence-electron chi connectivity index (χ1n) is 11.7. The highest BCUT2D eigenvalue weighted by Crippen LogP contribution is 2.46. The van der Waals surface area contributed by atoms with E-state index in [9.17, 15) is 18.8 Å². The van der Waals surface area contributed by atoms with E-state index in [1.807, 2.05) is 11.8 Å². The van der Waals surface area contributed by atoms with Crippen LogP contribution >= 0.6 is 0 Å². The lowest BCUT2D eigenvalue weighted by Crippen LogP contribution is -2.56. The number of fused-ring (bicyclic) bond motifs is 2. The van der Waals surface area contributed by atoms with Crippen molar-refractivity contribution in [3.05, 3.63) is 62.3 Å². The molecule has 1 aliphatic heterocycles. The minimum absolute atomic E-state index is 0.00380. The molecule has 174 valence electrons. The first-order valence-corrected chi connectivity index (χ1v) is 11.7. The van der Waals surface area contributed by atoms with Gasteiger partial charge in [0.1, 0.15) is 12.4 Å². The molecule has 8 heteroatoms. The monoisotopic (exact) mass is 452 g/mol. The zero-order valence-corrected chi connectivity index (χ0v) is 19.1. The van der Waals surface area contributed by atoms with Crippen molar-refractivity contribution in [3.63, 3.8) is 0 Å². The summed E-state index contributed by atoms with van der Waals surface area (Å²) in [6.45, 7) is 4.48. The molecular weight excluding hydrogens is 423 g/mol. The summed E-state index contributed by atoms with van der Waals surface area (Å²) in [7, 11) is 0. The van der Waals surface area contributed by atoms with E-state index in [2.05, 4.69) is 10.2 Å². The number of amides is 2. The lowest BCUT2D eigenvalue weighted by molar-refractivity contribution is -0.138. The molecule has 7 nitrogen and oxygen atoms in total. The van der Waals surface area contributed by atoms with Gasteiger partial charge in [-0.3, -0.25) is 14.4 Å². The molecule has 0 unspecified atom stereocenters. The number of nitrogens with one attached hydrogen (secondary N) is 1. The standard InChI is InChI=1S/C25H29FN4O3/c1-14-15(2)24(32)28-27-21(14)11-17-4-6-20(26)19(10-17)25(33)29-7-8-30(23(31)13-29)22-12-16-3-5-18(22)9-16/h4,6,10,16,18,22H,3,5,7-9,11-13H2,1-2H3,(H,28,32)/t16-,18+,22+/m0/s1. The van der Waals surface area contributed by atoms with Crippen molar-refractivity contribution >= 4 is 11.8 Å². The lowest BCUT2D eigenvalue weighted by Gasteiger charge is -2.40. The third-order valence-corrected chi connectivity index (χ3v) is 7.91. The molecule has 1 aromatic carbocycles. The number of piperazine rings is 1. The van der Waals surface area contributed by atoms with Gasteiger partial charge in [0.05, 0.1) is 11.3 Å². The number of hydrogen-bond donors (Lipinski definition) is 1. The maximum atomic E-state index is 14.6. The van der Waals surface area contributed by atoms with Gasteiger partial charge in [-0.05, 0) is 68.2 Å². The van der Waals surface area contributed by atoms with E-state index in [0.717, 1.165) is 17.9 Å². The van der Waals surface area contributed by atoms with Crippen LogP contribution in [0, 0.1) is 31.5 Å². The highest BCUT2D eigenvalue weighted by atomic mass is 19.1. The summed E-state index contributed by atoms with van der Waals surface area (Å²) in [5.74, 6) is 0.247. The van der Waals surface area contributed by atoms with Gasteiger partial charge < -0.3 is 9.80 Å². The lowest BCUT2D eigenvalue weighted by atomic mass is 9.93. The first kappa shape index (κ1) is 21.8. The quantitative estimate of drug-likeness (QED) is 0.773. The van der Waals surface area contributed by atoms with Crippen molar-refractivity contribution in [1.82, 2.24) is 20.0 Å². The van der Waals surface area contributed by atoms with Crippen LogP contribution in [-0.4, -0.2) is 57.5 Å². The van der Waals surface area contributed by atoms with Gasteiger partial charge in [-0.1, -0.05) is 12.5 Å². The molecule has 0 spiro atoms. The zero-order valence-electron chi connectivity index (χ0n) is 19.1. The van der Waals surface area contributed by atoms with Crippen molar-refractivity contribution in [3.8, 4) is 0 Å². The minimum Gasteiger partial charge on any atom is -0.336 e. The molecule has 2 bridgehead atoms. The summed E-state index contributed by atoms with van der Waals surface area (Å²) < 4.78 is 14.6. The Bertz CT molecular complexity index is 1180. The molecule has 2 saturated carbocycles. The Kier molecular flexibility index (Phi) is 5.54. The van der Waals surface area contributed by atoms with E-state index in [1.54, 1.807) is 13.0 Å². The SMILES string of the molecule is Cc1c(Cc2ccc(F)c(C(=O)N3CCN([C@@H]4C[C@H]5CC[C@@H]4C5)C(=O)C3)c2)n[nH]c(=O)c1C. The smallest absolute Gasteiger partial charge is 0.267 e. The van der Waals surface area contributed by atoms with Gasteiger partial charge in [0.15, 0.2) is 0 Å². The van der Waals surface area contributed by atoms with E-state index >= 15 is 0 Å². The largest absolute Gasteiger partial charge is 0.336 e. The molecule has 2 aliphatic carbocycles. The molecule has 1 N–H and O–H groups in total. The Hall–Kier alpha value is -3.03. The minimum atomic E-state index is -0.603. The maximum absolute atomic E-state index is 14.6. The van der Waals surface area contributed by atoms with Gasteiger partial charge in [-0.15, -0.1) is 0 Å². The Morgan fingerprint density at radius 2 is 1.97 bits per heavy atom. The third-order valence-electron chi connectivity index (χ3n) is 7.91. The van der Waals surface area contributed by atoms with Crippen LogP contribution in [0.1, 0.15) is 58.4 Å². The van der Waals surface area contributed by atoms with E-state index < -0.39 is 11.7 Å². The molecule has 1 saturated heterocycles. The maximum Gasteiger partial charge on any atom is 0.267 e. The number of nitrogens with zero attached hydrogens (tertiary/aromatic N) is 3. The first-order chi connectivity index (χ1) is 15.8. The van der Waals surface area contributed by atoms with Crippen molar-refractivity contribution in [2.75, 3.05) is 19.6 Å². The Balaban J connectivity index is 1.30. The Morgan fingerprint density at radius 3 is 2.67 bits per heavy atom. The molecule has 3 fully saturated rings. The second kappa shape index (κ2) is 8.39. The summed E-state index contributed by atoms with van der Waals surface area (Å²) in [5, 5.41) is 6.59. The van der Waals surface area contributed by atoms with Crippen LogP contribution < -0.4 is 5.56 Å². The fourth-order valence-corrected chi connectivity index (χ4v) is 5.86.